The van der Waals surface area contributed by atoms with Crippen LogP contribution in [0, 0.1) is 11.8 Å². The molecule has 1 N–H and O–H groups in total. The van der Waals surface area contributed by atoms with Crippen LogP contribution in [0.3, 0.4) is 0 Å². The van der Waals surface area contributed by atoms with E-state index in [2.05, 4.69) is 18.7 Å². The summed E-state index contributed by atoms with van der Waals surface area (Å²) >= 11 is 0. The maximum atomic E-state index is 9.10. The summed E-state index contributed by atoms with van der Waals surface area (Å²) in [6.07, 6.45) is 3.86. The average Bonchev–Trinajstić information content (AvgIpc) is 2.28. The minimum absolute atomic E-state index is 0.254. The van der Waals surface area contributed by atoms with E-state index in [-0.39, 0.29) is 6.61 Å². The van der Waals surface area contributed by atoms with E-state index in [4.69, 9.17) is 9.84 Å². The number of aliphatic hydroxyl groups excluding tert-OH is 1. The van der Waals surface area contributed by atoms with Gasteiger partial charge >= 0.3 is 0 Å². The van der Waals surface area contributed by atoms with Gasteiger partial charge in [0.2, 0.25) is 0 Å². The molecule has 0 spiro atoms. The Morgan fingerprint density at radius 3 is 2.50 bits per heavy atom. The standard InChI is InChI=1S/C13H27NO2/c1-11-4-5-13(10-12(11)2)14(6-8-15)7-9-16-3/h11-13,15H,4-10H2,1-3H3. The Morgan fingerprint density at radius 1 is 1.19 bits per heavy atom. The van der Waals surface area contributed by atoms with Crippen molar-refractivity contribution in [2.24, 2.45) is 11.8 Å². The normalized spacial score (nSPS) is 30.9. The van der Waals surface area contributed by atoms with E-state index >= 15 is 0 Å². The van der Waals surface area contributed by atoms with Crippen molar-refractivity contribution >= 4 is 0 Å². The molecule has 3 unspecified atom stereocenters. The monoisotopic (exact) mass is 229 g/mol. The van der Waals surface area contributed by atoms with Gasteiger partial charge in [0, 0.05) is 26.2 Å². The number of hydrogen-bond acceptors (Lipinski definition) is 3. The van der Waals surface area contributed by atoms with Crippen LogP contribution < -0.4 is 0 Å². The summed E-state index contributed by atoms with van der Waals surface area (Å²) < 4.78 is 5.13. The lowest BCUT2D eigenvalue weighted by Crippen LogP contribution is -2.43. The second-order valence-electron chi connectivity index (χ2n) is 5.17. The molecule has 96 valence electrons. The summed E-state index contributed by atoms with van der Waals surface area (Å²) in [6.45, 7) is 7.46. The van der Waals surface area contributed by atoms with Crippen molar-refractivity contribution in [2.75, 3.05) is 33.4 Å². The van der Waals surface area contributed by atoms with E-state index in [1.807, 2.05) is 0 Å². The second-order valence-corrected chi connectivity index (χ2v) is 5.17. The number of ether oxygens (including phenoxy) is 1. The smallest absolute Gasteiger partial charge is 0.0589 e. The average molecular weight is 229 g/mol. The summed E-state index contributed by atoms with van der Waals surface area (Å²) in [5.74, 6) is 1.66. The van der Waals surface area contributed by atoms with E-state index < -0.39 is 0 Å². The Balaban J connectivity index is 2.43. The van der Waals surface area contributed by atoms with Crippen LogP contribution in [0.2, 0.25) is 0 Å². The topological polar surface area (TPSA) is 32.7 Å². The van der Waals surface area contributed by atoms with Gasteiger partial charge in [-0.2, -0.15) is 0 Å². The van der Waals surface area contributed by atoms with Crippen molar-refractivity contribution in [1.82, 2.24) is 4.90 Å². The Morgan fingerprint density at radius 2 is 1.94 bits per heavy atom. The molecule has 3 heteroatoms. The molecule has 0 aromatic carbocycles. The molecule has 1 rings (SSSR count). The largest absolute Gasteiger partial charge is 0.395 e. The summed E-state index contributed by atoms with van der Waals surface area (Å²) in [6, 6.07) is 0.647. The summed E-state index contributed by atoms with van der Waals surface area (Å²) in [5.41, 5.74) is 0. The van der Waals surface area contributed by atoms with Crippen LogP contribution in [-0.4, -0.2) is 49.5 Å². The van der Waals surface area contributed by atoms with Gasteiger partial charge < -0.3 is 9.84 Å². The van der Waals surface area contributed by atoms with Crippen LogP contribution >= 0.6 is 0 Å². The lowest BCUT2D eigenvalue weighted by Gasteiger charge is -2.39. The highest BCUT2D eigenvalue weighted by atomic mass is 16.5. The highest BCUT2D eigenvalue weighted by Gasteiger charge is 2.28. The Kier molecular flexibility index (Phi) is 6.32. The van der Waals surface area contributed by atoms with Gasteiger partial charge in [-0.3, -0.25) is 4.90 Å². The maximum absolute atomic E-state index is 9.10. The molecule has 16 heavy (non-hydrogen) atoms. The first-order valence-corrected chi connectivity index (χ1v) is 6.52. The van der Waals surface area contributed by atoms with Crippen molar-refractivity contribution in [2.45, 2.75) is 39.2 Å². The molecule has 0 radical (unpaired) electrons. The Hall–Kier alpha value is -0.120. The molecule has 1 aliphatic carbocycles. The van der Waals surface area contributed by atoms with Gasteiger partial charge in [0.15, 0.2) is 0 Å². The lowest BCUT2D eigenvalue weighted by molar-refractivity contribution is 0.0641. The summed E-state index contributed by atoms with van der Waals surface area (Å²) in [7, 11) is 1.74. The second kappa shape index (κ2) is 7.25. The molecule has 0 heterocycles. The highest BCUT2D eigenvalue weighted by Crippen LogP contribution is 2.31. The van der Waals surface area contributed by atoms with Gasteiger partial charge in [-0.25, -0.2) is 0 Å². The molecule has 3 nitrogen and oxygen atoms in total. The fraction of sp³-hybridized carbons (Fsp3) is 1.00. The molecule has 0 aromatic heterocycles. The first kappa shape index (κ1) is 13.9. The third-order valence-electron chi connectivity index (χ3n) is 4.06. The molecular weight excluding hydrogens is 202 g/mol. The zero-order valence-corrected chi connectivity index (χ0v) is 11.0. The molecule has 1 saturated carbocycles. The Labute approximate surface area is 99.8 Å². The van der Waals surface area contributed by atoms with E-state index in [1.165, 1.54) is 19.3 Å². The van der Waals surface area contributed by atoms with Crippen LogP contribution in [0.5, 0.6) is 0 Å². The maximum Gasteiger partial charge on any atom is 0.0589 e. The first-order valence-electron chi connectivity index (χ1n) is 6.52. The van der Waals surface area contributed by atoms with E-state index in [9.17, 15) is 0 Å². The SMILES string of the molecule is COCCN(CCO)C1CCC(C)C(C)C1. The third-order valence-corrected chi connectivity index (χ3v) is 4.06. The van der Waals surface area contributed by atoms with Gasteiger partial charge in [0.05, 0.1) is 13.2 Å². The lowest BCUT2D eigenvalue weighted by atomic mass is 9.78. The molecule has 1 aliphatic rings. The van der Waals surface area contributed by atoms with Crippen LogP contribution in [0.4, 0.5) is 0 Å². The van der Waals surface area contributed by atoms with Crippen molar-refractivity contribution < 1.29 is 9.84 Å². The molecule has 1 fully saturated rings. The Bertz CT molecular complexity index is 185. The van der Waals surface area contributed by atoms with Crippen molar-refractivity contribution in [3.8, 4) is 0 Å². The molecule has 3 atom stereocenters. The van der Waals surface area contributed by atoms with Gasteiger partial charge in [-0.15, -0.1) is 0 Å². The van der Waals surface area contributed by atoms with Gasteiger partial charge in [0.25, 0.3) is 0 Å². The molecule has 0 aromatic rings. The number of rotatable bonds is 6. The minimum atomic E-state index is 0.254. The summed E-state index contributed by atoms with van der Waals surface area (Å²) in [5, 5.41) is 9.10. The third kappa shape index (κ3) is 4.04. The van der Waals surface area contributed by atoms with Gasteiger partial charge in [-0.05, 0) is 31.1 Å². The number of hydrogen-bond donors (Lipinski definition) is 1. The predicted molar refractivity (Wildman–Crippen MR) is 66.5 cm³/mol. The number of methoxy groups -OCH3 is 1. The van der Waals surface area contributed by atoms with Crippen LogP contribution in [0.1, 0.15) is 33.1 Å². The van der Waals surface area contributed by atoms with Crippen LogP contribution in [0.25, 0.3) is 0 Å². The van der Waals surface area contributed by atoms with Gasteiger partial charge in [0.1, 0.15) is 0 Å². The fourth-order valence-electron chi connectivity index (χ4n) is 2.66. The fourth-order valence-corrected chi connectivity index (χ4v) is 2.66. The molecule has 0 bridgehead atoms. The van der Waals surface area contributed by atoms with Crippen molar-refractivity contribution in [1.29, 1.82) is 0 Å². The number of aliphatic hydroxyl groups is 1. The highest BCUT2D eigenvalue weighted by molar-refractivity contribution is 4.81. The zero-order chi connectivity index (χ0) is 12.0. The quantitative estimate of drug-likeness (QED) is 0.753. The first-order chi connectivity index (χ1) is 7.69. The number of nitrogens with zero attached hydrogens (tertiary/aromatic N) is 1. The van der Waals surface area contributed by atoms with Crippen LogP contribution in [0.15, 0.2) is 0 Å². The molecule has 0 amide bonds. The predicted octanol–water partition coefficient (Wildman–Crippen LogP) is 1.75. The molecule has 0 aliphatic heterocycles. The van der Waals surface area contributed by atoms with E-state index in [1.54, 1.807) is 7.11 Å². The summed E-state index contributed by atoms with van der Waals surface area (Å²) in [4.78, 5) is 2.39. The van der Waals surface area contributed by atoms with Crippen LogP contribution in [-0.2, 0) is 4.74 Å². The van der Waals surface area contributed by atoms with Gasteiger partial charge in [-0.1, -0.05) is 13.8 Å². The van der Waals surface area contributed by atoms with Crippen molar-refractivity contribution in [3.63, 3.8) is 0 Å². The van der Waals surface area contributed by atoms with E-state index in [0.717, 1.165) is 31.5 Å². The van der Waals surface area contributed by atoms with E-state index in [0.29, 0.717) is 6.04 Å². The van der Waals surface area contributed by atoms with Crippen molar-refractivity contribution in [3.05, 3.63) is 0 Å². The minimum Gasteiger partial charge on any atom is -0.395 e. The zero-order valence-electron chi connectivity index (χ0n) is 11.0. The molecular formula is C13H27NO2. The molecule has 0 saturated heterocycles.